The van der Waals surface area contributed by atoms with Crippen LogP contribution in [0.15, 0.2) is 30.4 Å². The highest BCUT2D eigenvalue weighted by atomic mass is 16.7. The molecule has 1 aromatic rings. The Balaban J connectivity index is 0.000000956. The molecule has 0 heterocycles. The maximum absolute atomic E-state index is 10.1. The van der Waals surface area contributed by atoms with Crippen molar-refractivity contribution in [2.75, 3.05) is 0 Å². The van der Waals surface area contributed by atoms with Gasteiger partial charge in [0.1, 0.15) is 0 Å². The van der Waals surface area contributed by atoms with Gasteiger partial charge in [0.25, 0.3) is 0 Å². The molecule has 0 aliphatic carbocycles. The molecule has 0 atom stereocenters. The quantitative estimate of drug-likeness (QED) is 0.198. The molecule has 0 aliphatic heterocycles. The van der Waals surface area contributed by atoms with Crippen LogP contribution >= 0.6 is 0 Å². The van der Waals surface area contributed by atoms with E-state index in [9.17, 15) is 4.79 Å². The molecule has 2 N–H and O–H groups in total. The number of carbonyl (C=O) groups excluding carboxylic acids is 1. The molecule has 29 heavy (non-hydrogen) atoms. The summed E-state index contributed by atoms with van der Waals surface area (Å²) in [6.45, 7) is 11.6. The number of aryl methyl sites for hydroxylation is 2. The van der Waals surface area contributed by atoms with Gasteiger partial charge in [-0.3, -0.25) is 0 Å². The predicted molar refractivity (Wildman–Crippen MR) is 126 cm³/mol. The minimum absolute atomic E-state index is 0.308. The monoisotopic (exact) mass is 403 g/mol. The summed E-state index contributed by atoms with van der Waals surface area (Å²) in [5.74, 6) is 3.89. The van der Waals surface area contributed by atoms with E-state index < -0.39 is 5.97 Å². The van der Waals surface area contributed by atoms with Gasteiger partial charge >= 0.3 is 5.97 Å². The minimum atomic E-state index is -0.569. The Bertz CT molecular complexity index is 566. The van der Waals surface area contributed by atoms with Gasteiger partial charge < -0.3 is 4.84 Å². The summed E-state index contributed by atoms with van der Waals surface area (Å²) >= 11 is 0. The molecule has 0 unspecified atom stereocenters. The lowest BCUT2D eigenvalue weighted by atomic mass is 9.98. The summed E-state index contributed by atoms with van der Waals surface area (Å²) in [5.41, 5.74) is 4.82. The Labute approximate surface area is 180 Å². The molecule has 0 radical (unpaired) electrons. The molecule has 0 aliphatic rings. The normalized spacial score (nSPS) is 10.2. The Hall–Kier alpha value is -1.61. The van der Waals surface area contributed by atoms with Gasteiger partial charge in [0.05, 0.1) is 0 Å². The van der Waals surface area contributed by atoms with Crippen molar-refractivity contribution in [3.63, 3.8) is 0 Å². The van der Waals surface area contributed by atoms with Gasteiger partial charge in [-0.25, -0.2) is 4.79 Å². The van der Waals surface area contributed by atoms with Crippen LogP contribution in [0.4, 0.5) is 0 Å². The first-order valence-electron chi connectivity index (χ1n) is 11.6. The van der Waals surface area contributed by atoms with Gasteiger partial charge in [-0.1, -0.05) is 102 Å². The maximum Gasteiger partial charge on any atom is 0.351 e. The Morgan fingerprint density at radius 3 is 1.79 bits per heavy atom. The summed E-state index contributed by atoms with van der Waals surface area (Å²) in [6.07, 6.45) is 18.5. The fourth-order valence-corrected chi connectivity index (χ4v) is 3.34. The number of carbonyl (C=O) groups is 1. The van der Waals surface area contributed by atoms with E-state index in [0.717, 1.165) is 0 Å². The van der Waals surface area contributed by atoms with Crippen LogP contribution in [0.1, 0.15) is 108 Å². The molecule has 1 aromatic carbocycles. The van der Waals surface area contributed by atoms with E-state index in [1.807, 2.05) is 0 Å². The van der Waals surface area contributed by atoms with Crippen LogP contribution in [0.25, 0.3) is 0 Å². The minimum Gasteiger partial charge on any atom is -0.370 e. The van der Waals surface area contributed by atoms with Crippen molar-refractivity contribution in [3.8, 4) is 0 Å². The highest BCUT2D eigenvalue weighted by Crippen LogP contribution is 2.17. The number of hydrogen-bond acceptors (Lipinski definition) is 3. The van der Waals surface area contributed by atoms with Gasteiger partial charge in [-0.15, -0.1) is 0 Å². The smallest absolute Gasteiger partial charge is 0.351 e. The number of unbranched alkanes of at least 4 members (excludes halogenated alkanes) is 11. The molecule has 3 nitrogen and oxygen atoms in total. The van der Waals surface area contributed by atoms with Crippen molar-refractivity contribution in [2.45, 2.75) is 111 Å². The maximum atomic E-state index is 10.1. The van der Waals surface area contributed by atoms with Crippen LogP contribution in [0.2, 0.25) is 0 Å². The molecule has 0 aromatic heterocycles. The van der Waals surface area contributed by atoms with Crippen LogP contribution < -0.4 is 5.90 Å². The van der Waals surface area contributed by atoms with Crippen molar-refractivity contribution >= 4 is 5.97 Å². The standard InChI is InChI=1S/C22H38.C4H7NO2/c1-4-5-6-7-8-9-10-11-12-13-14-15-18-22-19-16-17-20(2)21(22)3;1-3(2)4(6)7-5/h16-17,19H,4-15,18H2,1-3H3;1,5H2,2H3. The first-order chi connectivity index (χ1) is 13.9. The van der Waals surface area contributed by atoms with E-state index in [2.05, 4.69) is 56.3 Å². The summed E-state index contributed by atoms with van der Waals surface area (Å²) in [7, 11) is 0. The van der Waals surface area contributed by atoms with E-state index in [1.165, 1.54) is 102 Å². The Morgan fingerprint density at radius 1 is 0.897 bits per heavy atom. The summed E-state index contributed by atoms with van der Waals surface area (Å²) in [4.78, 5) is 13.8. The molecule has 0 saturated carbocycles. The first-order valence-corrected chi connectivity index (χ1v) is 11.6. The summed E-state index contributed by atoms with van der Waals surface area (Å²) in [6, 6.07) is 6.74. The highest BCUT2D eigenvalue weighted by molar-refractivity contribution is 5.86. The van der Waals surface area contributed by atoms with Crippen LogP contribution in [0.3, 0.4) is 0 Å². The lowest BCUT2D eigenvalue weighted by Crippen LogP contribution is -2.09. The van der Waals surface area contributed by atoms with Crippen LogP contribution in [-0.4, -0.2) is 5.97 Å². The molecular formula is C26H45NO2. The molecule has 0 saturated heterocycles. The fraction of sp³-hybridized carbons (Fsp3) is 0.654. The first kappa shape index (κ1) is 27.4. The lowest BCUT2D eigenvalue weighted by Gasteiger charge is -2.08. The molecule has 0 spiro atoms. The largest absolute Gasteiger partial charge is 0.370 e. The SMILES string of the molecule is C=C(C)C(=O)ON.CCCCCCCCCCCCCCc1cccc(C)c1C. The molecule has 0 bridgehead atoms. The van der Waals surface area contributed by atoms with E-state index >= 15 is 0 Å². The zero-order valence-corrected chi connectivity index (χ0v) is 19.5. The molecule has 0 amide bonds. The van der Waals surface area contributed by atoms with Crippen LogP contribution in [-0.2, 0) is 16.1 Å². The average molecular weight is 404 g/mol. The van der Waals surface area contributed by atoms with E-state index in [-0.39, 0.29) is 0 Å². The molecule has 0 fully saturated rings. The molecule has 1 rings (SSSR count). The number of benzene rings is 1. The number of hydrogen-bond donors (Lipinski definition) is 1. The zero-order valence-electron chi connectivity index (χ0n) is 19.5. The van der Waals surface area contributed by atoms with E-state index in [4.69, 9.17) is 0 Å². The third-order valence-corrected chi connectivity index (χ3v) is 5.47. The lowest BCUT2D eigenvalue weighted by molar-refractivity contribution is -0.139. The van der Waals surface area contributed by atoms with Crippen LogP contribution in [0, 0.1) is 13.8 Å². The van der Waals surface area contributed by atoms with Gasteiger partial charge in [-0.05, 0) is 50.3 Å². The molecule has 166 valence electrons. The third-order valence-electron chi connectivity index (χ3n) is 5.47. The number of nitrogens with two attached hydrogens (primary N) is 1. The zero-order chi connectivity index (χ0) is 21.9. The van der Waals surface area contributed by atoms with Gasteiger partial charge in [-0.2, -0.15) is 5.90 Å². The van der Waals surface area contributed by atoms with E-state index in [1.54, 1.807) is 5.56 Å². The van der Waals surface area contributed by atoms with Crippen molar-refractivity contribution in [2.24, 2.45) is 5.90 Å². The molecular weight excluding hydrogens is 358 g/mol. The van der Waals surface area contributed by atoms with Crippen molar-refractivity contribution in [3.05, 3.63) is 47.0 Å². The van der Waals surface area contributed by atoms with E-state index in [0.29, 0.717) is 5.57 Å². The van der Waals surface area contributed by atoms with Crippen molar-refractivity contribution in [1.82, 2.24) is 0 Å². The van der Waals surface area contributed by atoms with Crippen molar-refractivity contribution in [1.29, 1.82) is 0 Å². The molecule has 3 heteroatoms. The average Bonchev–Trinajstić information content (AvgIpc) is 2.71. The highest BCUT2D eigenvalue weighted by Gasteiger charge is 2.00. The second kappa shape index (κ2) is 18.4. The van der Waals surface area contributed by atoms with Crippen molar-refractivity contribution < 1.29 is 9.63 Å². The van der Waals surface area contributed by atoms with Crippen LogP contribution in [0.5, 0.6) is 0 Å². The Kier molecular flexibility index (Phi) is 17.4. The second-order valence-electron chi connectivity index (χ2n) is 8.18. The fourth-order valence-electron chi connectivity index (χ4n) is 3.34. The summed E-state index contributed by atoms with van der Waals surface area (Å²) < 4.78 is 0. The van der Waals surface area contributed by atoms with Gasteiger partial charge in [0.2, 0.25) is 0 Å². The Morgan fingerprint density at radius 2 is 1.38 bits per heavy atom. The third kappa shape index (κ3) is 15.0. The van der Waals surface area contributed by atoms with Gasteiger partial charge in [0.15, 0.2) is 0 Å². The summed E-state index contributed by atoms with van der Waals surface area (Å²) in [5, 5.41) is 0. The second-order valence-corrected chi connectivity index (χ2v) is 8.18. The number of rotatable bonds is 14. The van der Waals surface area contributed by atoms with Gasteiger partial charge in [0, 0.05) is 5.57 Å². The predicted octanol–water partition coefficient (Wildman–Crippen LogP) is 7.53. The topological polar surface area (TPSA) is 52.3 Å².